The lowest BCUT2D eigenvalue weighted by molar-refractivity contribution is 0.174. The topological polar surface area (TPSA) is 29.5 Å². The molecule has 2 aromatic carbocycles. The van der Waals surface area contributed by atoms with Gasteiger partial charge >= 0.3 is 0 Å². The molecule has 1 unspecified atom stereocenters. The van der Waals surface area contributed by atoms with Crippen molar-refractivity contribution in [3.8, 4) is 5.75 Å². The second-order valence-electron chi connectivity index (χ2n) is 5.11. The Morgan fingerprint density at radius 1 is 1.33 bits per heavy atom. The van der Waals surface area contributed by atoms with Crippen molar-refractivity contribution in [2.75, 3.05) is 12.9 Å². The number of halogens is 1. The molecule has 0 radical (unpaired) electrons. The first-order valence-electron chi connectivity index (χ1n) is 6.94. The van der Waals surface area contributed by atoms with E-state index in [1.807, 2.05) is 30.5 Å². The third-order valence-corrected chi connectivity index (χ3v) is 5.01. The Morgan fingerprint density at radius 2 is 2.14 bits per heavy atom. The number of fused-ring (bicyclic) bond motifs is 1. The first-order chi connectivity index (χ1) is 10.2. The van der Waals surface area contributed by atoms with Crippen LogP contribution in [0.3, 0.4) is 0 Å². The average molecular weight is 365 g/mol. The van der Waals surface area contributed by atoms with Crippen LogP contribution in [0.4, 0.5) is 0 Å². The number of aliphatic hydroxyl groups is 1. The zero-order chi connectivity index (χ0) is 14.8. The number of rotatable bonds is 4. The molecule has 0 fully saturated rings. The number of thioether (sulfide) groups is 1. The lowest BCUT2D eigenvalue weighted by atomic mass is 9.99. The molecule has 0 amide bonds. The van der Waals surface area contributed by atoms with Crippen molar-refractivity contribution in [2.24, 2.45) is 0 Å². The van der Waals surface area contributed by atoms with Crippen LogP contribution in [0.2, 0.25) is 0 Å². The predicted molar refractivity (Wildman–Crippen MR) is 90.2 cm³/mol. The van der Waals surface area contributed by atoms with E-state index in [1.165, 1.54) is 5.56 Å². The van der Waals surface area contributed by atoms with E-state index in [0.717, 1.165) is 39.3 Å². The van der Waals surface area contributed by atoms with Crippen LogP contribution in [0.25, 0.3) is 0 Å². The highest BCUT2D eigenvalue weighted by atomic mass is 79.9. The van der Waals surface area contributed by atoms with Gasteiger partial charge in [-0.2, -0.15) is 0 Å². The van der Waals surface area contributed by atoms with Gasteiger partial charge in [0.1, 0.15) is 5.75 Å². The minimum atomic E-state index is -0.517. The quantitative estimate of drug-likeness (QED) is 0.816. The summed E-state index contributed by atoms with van der Waals surface area (Å²) in [5, 5.41) is 10.6. The molecule has 0 saturated carbocycles. The maximum atomic E-state index is 10.6. The van der Waals surface area contributed by atoms with Gasteiger partial charge in [0.05, 0.1) is 12.7 Å². The average Bonchev–Trinajstić information content (AvgIpc) is 2.95. The largest absolute Gasteiger partial charge is 0.493 e. The molecule has 0 spiro atoms. The molecule has 0 saturated heterocycles. The van der Waals surface area contributed by atoms with E-state index in [-0.39, 0.29) is 0 Å². The fourth-order valence-electron chi connectivity index (χ4n) is 2.76. The van der Waals surface area contributed by atoms with Gasteiger partial charge in [0, 0.05) is 22.2 Å². The predicted octanol–water partition coefficient (Wildman–Crippen LogP) is 4.38. The van der Waals surface area contributed by atoms with Crippen molar-refractivity contribution >= 4 is 27.7 Å². The van der Waals surface area contributed by atoms with Gasteiger partial charge in [0.25, 0.3) is 0 Å². The Labute approximate surface area is 137 Å². The summed E-state index contributed by atoms with van der Waals surface area (Å²) in [5.74, 6) is 0.957. The Kier molecular flexibility index (Phi) is 4.57. The van der Waals surface area contributed by atoms with E-state index >= 15 is 0 Å². The number of ether oxygens (including phenoxy) is 1. The molecule has 3 rings (SSSR count). The molecular formula is C17H17BrO2S. The van der Waals surface area contributed by atoms with E-state index < -0.39 is 6.10 Å². The van der Waals surface area contributed by atoms with Crippen molar-refractivity contribution in [3.63, 3.8) is 0 Å². The van der Waals surface area contributed by atoms with E-state index in [9.17, 15) is 5.11 Å². The number of benzene rings is 2. The van der Waals surface area contributed by atoms with Gasteiger partial charge in [-0.1, -0.05) is 34.1 Å². The van der Waals surface area contributed by atoms with Crippen molar-refractivity contribution in [2.45, 2.75) is 23.8 Å². The maximum Gasteiger partial charge on any atom is 0.125 e. The minimum Gasteiger partial charge on any atom is -0.493 e. The van der Waals surface area contributed by atoms with Crippen LogP contribution in [-0.4, -0.2) is 18.0 Å². The monoisotopic (exact) mass is 364 g/mol. The van der Waals surface area contributed by atoms with E-state index in [0.29, 0.717) is 6.42 Å². The molecule has 0 aliphatic carbocycles. The SMILES string of the molecule is CSc1ccccc1C(O)Cc1cc(Br)cc2c1OCC2. The van der Waals surface area contributed by atoms with Gasteiger partial charge in [-0.05, 0) is 41.1 Å². The van der Waals surface area contributed by atoms with Crippen molar-refractivity contribution in [3.05, 3.63) is 57.6 Å². The minimum absolute atomic E-state index is 0.517. The first kappa shape index (κ1) is 14.9. The van der Waals surface area contributed by atoms with Crippen LogP contribution in [-0.2, 0) is 12.8 Å². The summed E-state index contributed by atoms with van der Waals surface area (Å²) < 4.78 is 6.79. The summed E-state index contributed by atoms with van der Waals surface area (Å²) in [6, 6.07) is 12.2. The number of aliphatic hydroxyl groups excluding tert-OH is 1. The highest BCUT2D eigenvalue weighted by molar-refractivity contribution is 9.10. The Hall–Kier alpha value is -0.970. The van der Waals surface area contributed by atoms with Crippen LogP contribution < -0.4 is 4.74 Å². The molecular weight excluding hydrogens is 348 g/mol. The molecule has 1 heterocycles. The Bertz CT molecular complexity index is 657. The Morgan fingerprint density at radius 3 is 2.95 bits per heavy atom. The molecule has 1 atom stereocenters. The maximum absolute atomic E-state index is 10.6. The van der Waals surface area contributed by atoms with Gasteiger partial charge in [0.2, 0.25) is 0 Å². The third kappa shape index (κ3) is 3.12. The molecule has 2 nitrogen and oxygen atoms in total. The van der Waals surface area contributed by atoms with Crippen molar-refractivity contribution < 1.29 is 9.84 Å². The molecule has 4 heteroatoms. The molecule has 2 aromatic rings. The fraction of sp³-hybridized carbons (Fsp3) is 0.294. The van der Waals surface area contributed by atoms with E-state index in [2.05, 4.69) is 28.1 Å². The smallest absolute Gasteiger partial charge is 0.125 e. The molecule has 21 heavy (non-hydrogen) atoms. The highest BCUT2D eigenvalue weighted by Gasteiger charge is 2.21. The van der Waals surface area contributed by atoms with Crippen molar-refractivity contribution in [1.82, 2.24) is 0 Å². The molecule has 1 N–H and O–H groups in total. The molecule has 110 valence electrons. The van der Waals surface area contributed by atoms with E-state index in [1.54, 1.807) is 11.8 Å². The highest BCUT2D eigenvalue weighted by Crippen LogP contribution is 2.36. The van der Waals surface area contributed by atoms with E-state index in [4.69, 9.17) is 4.74 Å². The first-order valence-corrected chi connectivity index (χ1v) is 8.96. The zero-order valence-electron chi connectivity index (χ0n) is 11.8. The summed E-state index contributed by atoms with van der Waals surface area (Å²) in [5.41, 5.74) is 3.28. The molecule has 1 aliphatic rings. The van der Waals surface area contributed by atoms with Crippen LogP contribution >= 0.6 is 27.7 Å². The van der Waals surface area contributed by atoms with Crippen LogP contribution in [0.15, 0.2) is 45.8 Å². The third-order valence-electron chi connectivity index (χ3n) is 3.74. The number of hydrogen-bond donors (Lipinski definition) is 1. The molecule has 1 aliphatic heterocycles. The fourth-order valence-corrected chi connectivity index (χ4v) is 3.96. The van der Waals surface area contributed by atoms with Crippen LogP contribution in [0.5, 0.6) is 5.75 Å². The lowest BCUT2D eigenvalue weighted by Gasteiger charge is -2.16. The summed E-state index contributed by atoms with van der Waals surface area (Å²) in [6.07, 6.45) is 3.03. The van der Waals surface area contributed by atoms with Crippen LogP contribution in [0, 0.1) is 0 Å². The summed E-state index contributed by atoms with van der Waals surface area (Å²) in [4.78, 5) is 1.12. The second kappa shape index (κ2) is 6.42. The van der Waals surface area contributed by atoms with Gasteiger partial charge in [-0.3, -0.25) is 0 Å². The van der Waals surface area contributed by atoms with Gasteiger partial charge in [0.15, 0.2) is 0 Å². The van der Waals surface area contributed by atoms with Crippen LogP contribution in [0.1, 0.15) is 22.8 Å². The standard InChI is InChI=1S/C17H17BrO2S/c1-21-16-5-3-2-4-14(16)15(19)10-12-9-13(18)8-11-6-7-20-17(11)12/h2-5,8-9,15,19H,6-7,10H2,1H3. The summed E-state index contributed by atoms with van der Waals surface area (Å²) in [7, 11) is 0. The van der Waals surface area contributed by atoms with Crippen molar-refractivity contribution in [1.29, 1.82) is 0 Å². The summed E-state index contributed by atoms with van der Waals surface area (Å²) >= 11 is 5.21. The normalized spacial score (nSPS) is 14.6. The zero-order valence-corrected chi connectivity index (χ0v) is 14.2. The van der Waals surface area contributed by atoms with Gasteiger partial charge < -0.3 is 9.84 Å². The molecule has 0 aromatic heterocycles. The summed E-state index contributed by atoms with van der Waals surface area (Å²) in [6.45, 7) is 0.732. The molecule has 0 bridgehead atoms. The van der Waals surface area contributed by atoms with Gasteiger partial charge in [-0.15, -0.1) is 11.8 Å². The number of hydrogen-bond acceptors (Lipinski definition) is 3. The Balaban J connectivity index is 1.90. The lowest BCUT2D eigenvalue weighted by Crippen LogP contribution is -2.04. The van der Waals surface area contributed by atoms with Gasteiger partial charge in [-0.25, -0.2) is 0 Å². The second-order valence-corrected chi connectivity index (χ2v) is 6.88.